The Kier molecular flexibility index (Phi) is 2.78. The zero-order chi connectivity index (χ0) is 8.27. The first-order valence-electron chi connectivity index (χ1n) is 3.08. The second-order valence-electron chi connectivity index (χ2n) is 2.16. The Morgan fingerprint density at radius 3 is 2.91 bits per heavy atom. The molecule has 0 bridgehead atoms. The highest BCUT2D eigenvalue weighted by atomic mass is 32.1. The maximum Gasteiger partial charge on any atom is 0.188 e. The summed E-state index contributed by atoms with van der Waals surface area (Å²) in [6.45, 7) is 0. The van der Waals surface area contributed by atoms with Crippen molar-refractivity contribution in [2.24, 2.45) is 0 Å². The number of nitrogens with zero attached hydrogens (tertiary/aromatic N) is 2. The average Bonchev–Trinajstić information content (AvgIpc) is 2.39. The number of hydrogen-bond acceptors (Lipinski definition) is 3. The molecule has 0 spiro atoms. The molecule has 0 saturated heterocycles. The van der Waals surface area contributed by atoms with Gasteiger partial charge in [-0.15, -0.1) is 11.3 Å². The summed E-state index contributed by atoms with van der Waals surface area (Å²) in [5.74, 6) is 0. The van der Waals surface area contributed by atoms with Crippen LogP contribution in [-0.2, 0) is 0 Å². The van der Waals surface area contributed by atoms with Crippen molar-refractivity contribution in [3.63, 3.8) is 0 Å². The minimum Gasteiger partial charge on any atom is -0.355 e. The highest BCUT2D eigenvalue weighted by Crippen LogP contribution is 2.10. The number of thiocarbonyl (C=S) groups is 1. The molecule has 0 aliphatic heterocycles. The minimum atomic E-state index is 0.681. The molecule has 1 N–H and O–H groups in total. The molecule has 0 aliphatic rings. The number of hydrogen-bond donors (Lipinski definition) is 1. The predicted molar refractivity (Wildman–Crippen MR) is 52.0 cm³/mol. The molecule has 3 nitrogen and oxygen atoms in total. The van der Waals surface area contributed by atoms with Gasteiger partial charge in [0.2, 0.25) is 0 Å². The zero-order valence-corrected chi connectivity index (χ0v) is 8.00. The van der Waals surface area contributed by atoms with E-state index < -0.39 is 0 Å². The van der Waals surface area contributed by atoms with Gasteiger partial charge in [0.25, 0.3) is 0 Å². The molecular formula is C6H9N3S2. The van der Waals surface area contributed by atoms with Crippen LogP contribution in [0.2, 0.25) is 0 Å². The second-order valence-corrected chi connectivity index (χ2v) is 3.44. The third kappa shape index (κ3) is 2.44. The molecule has 0 amide bonds. The van der Waals surface area contributed by atoms with E-state index in [4.69, 9.17) is 12.2 Å². The van der Waals surface area contributed by atoms with E-state index in [0.717, 1.165) is 5.13 Å². The van der Waals surface area contributed by atoms with Gasteiger partial charge in [0.15, 0.2) is 10.2 Å². The summed E-state index contributed by atoms with van der Waals surface area (Å²) in [5, 5.41) is 6.41. The van der Waals surface area contributed by atoms with Crippen molar-refractivity contribution < 1.29 is 0 Å². The lowest BCUT2D eigenvalue weighted by atomic mass is 10.8. The van der Waals surface area contributed by atoms with Crippen molar-refractivity contribution in [1.29, 1.82) is 0 Å². The van der Waals surface area contributed by atoms with Gasteiger partial charge >= 0.3 is 0 Å². The van der Waals surface area contributed by atoms with E-state index in [0.29, 0.717) is 5.11 Å². The first-order valence-corrected chi connectivity index (χ1v) is 4.37. The summed E-state index contributed by atoms with van der Waals surface area (Å²) in [4.78, 5) is 5.86. The Labute approximate surface area is 75.1 Å². The Bertz CT molecular complexity index is 230. The molecule has 0 saturated carbocycles. The van der Waals surface area contributed by atoms with Gasteiger partial charge in [-0.05, 0) is 12.2 Å². The lowest BCUT2D eigenvalue weighted by Crippen LogP contribution is -2.26. The normalized spacial score (nSPS) is 9.27. The highest BCUT2D eigenvalue weighted by molar-refractivity contribution is 7.80. The summed E-state index contributed by atoms with van der Waals surface area (Å²) < 4.78 is 0. The summed E-state index contributed by atoms with van der Waals surface area (Å²) >= 11 is 6.54. The standard InChI is InChI=1S/C6H9N3S2/c1-9(2)6(10)8-5-7-3-4-11-5/h3-4H,1-2H3,(H,7,8,10). The van der Waals surface area contributed by atoms with Crippen molar-refractivity contribution in [2.75, 3.05) is 19.4 Å². The SMILES string of the molecule is CN(C)C(=S)Nc1nccs1. The Balaban J connectivity index is 2.50. The molecule has 0 atom stereocenters. The molecule has 1 aromatic rings. The van der Waals surface area contributed by atoms with Crippen LogP contribution in [0.25, 0.3) is 0 Å². The van der Waals surface area contributed by atoms with Crippen molar-refractivity contribution >= 4 is 33.8 Å². The van der Waals surface area contributed by atoms with Gasteiger partial charge < -0.3 is 10.2 Å². The zero-order valence-electron chi connectivity index (χ0n) is 6.37. The number of thiazole rings is 1. The molecule has 1 rings (SSSR count). The quantitative estimate of drug-likeness (QED) is 0.673. The lowest BCUT2D eigenvalue weighted by Gasteiger charge is -2.12. The van der Waals surface area contributed by atoms with Gasteiger partial charge in [-0.1, -0.05) is 0 Å². The van der Waals surface area contributed by atoms with Gasteiger partial charge in [0, 0.05) is 25.7 Å². The Hall–Kier alpha value is -0.680. The molecule has 0 unspecified atom stereocenters. The van der Waals surface area contributed by atoms with Gasteiger partial charge in [-0.25, -0.2) is 4.98 Å². The van der Waals surface area contributed by atoms with Crippen LogP contribution in [0.3, 0.4) is 0 Å². The molecule has 0 aliphatic carbocycles. The van der Waals surface area contributed by atoms with E-state index >= 15 is 0 Å². The topological polar surface area (TPSA) is 28.2 Å². The van der Waals surface area contributed by atoms with Gasteiger partial charge in [0.1, 0.15) is 0 Å². The monoisotopic (exact) mass is 187 g/mol. The first kappa shape index (κ1) is 8.42. The third-order valence-corrected chi connectivity index (χ3v) is 2.21. The molecule has 0 radical (unpaired) electrons. The fraction of sp³-hybridized carbons (Fsp3) is 0.333. The largest absolute Gasteiger partial charge is 0.355 e. The molecule has 0 aromatic carbocycles. The van der Waals surface area contributed by atoms with Crippen molar-refractivity contribution in [1.82, 2.24) is 9.88 Å². The third-order valence-electron chi connectivity index (χ3n) is 1.05. The number of nitrogens with one attached hydrogen (secondary N) is 1. The fourth-order valence-electron chi connectivity index (χ4n) is 0.488. The van der Waals surface area contributed by atoms with Crippen LogP contribution in [0.4, 0.5) is 5.13 Å². The molecular weight excluding hydrogens is 178 g/mol. The molecule has 11 heavy (non-hydrogen) atoms. The molecule has 0 fully saturated rings. The first-order chi connectivity index (χ1) is 5.20. The van der Waals surface area contributed by atoms with Crippen LogP contribution in [0.1, 0.15) is 0 Å². The van der Waals surface area contributed by atoms with Crippen LogP contribution < -0.4 is 5.32 Å². The van der Waals surface area contributed by atoms with E-state index in [1.165, 1.54) is 11.3 Å². The summed E-state index contributed by atoms with van der Waals surface area (Å²) in [6, 6.07) is 0. The van der Waals surface area contributed by atoms with Crippen LogP contribution in [-0.4, -0.2) is 29.1 Å². The minimum absolute atomic E-state index is 0.681. The number of anilines is 1. The average molecular weight is 187 g/mol. The Morgan fingerprint density at radius 2 is 2.45 bits per heavy atom. The number of rotatable bonds is 1. The molecule has 60 valence electrons. The molecule has 1 aromatic heterocycles. The van der Waals surface area contributed by atoms with E-state index in [1.54, 1.807) is 6.20 Å². The summed E-state index contributed by atoms with van der Waals surface area (Å²) in [5.41, 5.74) is 0. The van der Waals surface area contributed by atoms with Crippen molar-refractivity contribution in [3.05, 3.63) is 11.6 Å². The number of aromatic nitrogens is 1. The highest BCUT2D eigenvalue weighted by Gasteiger charge is 1.99. The van der Waals surface area contributed by atoms with Crippen LogP contribution in [0.5, 0.6) is 0 Å². The van der Waals surface area contributed by atoms with Gasteiger partial charge in [-0.3, -0.25) is 0 Å². The van der Waals surface area contributed by atoms with E-state index in [2.05, 4.69) is 10.3 Å². The second kappa shape index (κ2) is 3.64. The maximum atomic E-state index is 5.01. The fourth-order valence-corrected chi connectivity index (χ4v) is 1.18. The maximum absolute atomic E-state index is 5.01. The molecule has 5 heteroatoms. The van der Waals surface area contributed by atoms with Crippen LogP contribution in [0.15, 0.2) is 11.6 Å². The van der Waals surface area contributed by atoms with Crippen LogP contribution in [0, 0.1) is 0 Å². The summed E-state index contributed by atoms with van der Waals surface area (Å²) in [6.07, 6.45) is 1.74. The lowest BCUT2D eigenvalue weighted by molar-refractivity contribution is 0.634. The van der Waals surface area contributed by atoms with E-state index in [1.807, 2.05) is 24.4 Å². The van der Waals surface area contributed by atoms with Crippen LogP contribution >= 0.6 is 23.6 Å². The van der Waals surface area contributed by atoms with E-state index in [9.17, 15) is 0 Å². The smallest absolute Gasteiger partial charge is 0.188 e. The van der Waals surface area contributed by atoms with E-state index in [-0.39, 0.29) is 0 Å². The van der Waals surface area contributed by atoms with Crippen molar-refractivity contribution in [3.8, 4) is 0 Å². The predicted octanol–water partition coefficient (Wildman–Crippen LogP) is 1.40. The van der Waals surface area contributed by atoms with Crippen molar-refractivity contribution in [2.45, 2.75) is 0 Å². The summed E-state index contributed by atoms with van der Waals surface area (Å²) in [7, 11) is 3.78. The van der Waals surface area contributed by atoms with Gasteiger partial charge in [0.05, 0.1) is 0 Å². The Morgan fingerprint density at radius 1 is 1.73 bits per heavy atom. The van der Waals surface area contributed by atoms with Gasteiger partial charge in [-0.2, -0.15) is 0 Å². The molecule has 1 heterocycles.